The second-order valence-electron chi connectivity index (χ2n) is 5.28. The molecule has 0 radical (unpaired) electrons. The highest BCUT2D eigenvalue weighted by Crippen LogP contribution is 2.33. The molecule has 126 valence electrons. The first-order valence-electron chi connectivity index (χ1n) is 7.22. The molecule has 0 saturated carbocycles. The molecular weight excluding hydrogens is 344 g/mol. The van der Waals surface area contributed by atoms with Crippen LogP contribution in [0.15, 0.2) is 53.4 Å². The van der Waals surface area contributed by atoms with Gasteiger partial charge in [0.05, 0.1) is 16.4 Å². The molecule has 0 spiro atoms. The fourth-order valence-corrected chi connectivity index (χ4v) is 3.10. The maximum absolute atomic E-state index is 12.4. The average Bonchev–Trinajstić information content (AvgIpc) is 2.85. The normalized spacial score (nSPS) is 15.8. The van der Waals surface area contributed by atoms with Crippen LogP contribution in [-0.4, -0.2) is 26.1 Å². The van der Waals surface area contributed by atoms with Crippen molar-refractivity contribution < 1.29 is 19.6 Å². The predicted octanol–water partition coefficient (Wildman–Crippen LogP) is 3.54. The van der Waals surface area contributed by atoms with Crippen molar-refractivity contribution in [1.29, 1.82) is 0 Å². The third kappa shape index (κ3) is 3.69. The molecule has 8 heteroatoms. The number of amides is 2. The van der Waals surface area contributed by atoms with Crippen LogP contribution in [0.3, 0.4) is 0 Å². The van der Waals surface area contributed by atoms with E-state index < -0.39 is 16.1 Å². The molecule has 2 aromatic carbocycles. The number of aromatic hydroxyl groups is 1. The molecule has 7 nitrogen and oxygen atoms in total. The molecule has 1 fully saturated rings. The number of carbonyl (C=O) groups is 2. The molecule has 1 aliphatic rings. The molecule has 3 rings (SSSR count). The number of hydrogen-bond acceptors (Lipinski definition) is 6. The summed E-state index contributed by atoms with van der Waals surface area (Å²) in [7, 11) is 0. The summed E-state index contributed by atoms with van der Waals surface area (Å²) in [5.41, 5.74) is 1.27. The quantitative estimate of drug-likeness (QED) is 0.511. The maximum Gasteiger partial charge on any atom is 0.293 e. The van der Waals surface area contributed by atoms with Crippen molar-refractivity contribution in [3.8, 4) is 5.75 Å². The molecule has 0 aliphatic carbocycles. The van der Waals surface area contributed by atoms with Crippen LogP contribution in [-0.2, 0) is 11.3 Å². The highest BCUT2D eigenvalue weighted by molar-refractivity contribution is 8.18. The van der Waals surface area contributed by atoms with Crippen molar-refractivity contribution in [2.75, 3.05) is 0 Å². The topological polar surface area (TPSA) is 101 Å². The van der Waals surface area contributed by atoms with E-state index in [1.54, 1.807) is 18.2 Å². The minimum Gasteiger partial charge on any atom is -0.508 e. The van der Waals surface area contributed by atoms with Crippen LogP contribution in [0.1, 0.15) is 11.1 Å². The summed E-state index contributed by atoms with van der Waals surface area (Å²) in [6.07, 6.45) is 1.58. The second-order valence-corrected chi connectivity index (χ2v) is 6.28. The van der Waals surface area contributed by atoms with Crippen LogP contribution in [0.4, 0.5) is 10.5 Å². The van der Waals surface area contributed by atoms with Gasteiger partial charge in [0, 0.05) is 12.1 Å². The first kappa shape index (κ1) is 16.7. The van der Waals surface area contributed by atoms with Crippen LogP contribution in [0, 0.1) is 10.1 Å². The maximum atomic E-state index is 12.4. The van der Waals surface area contributed by atoms with Crippen LogP contribution in [0.25, 0.3) is 6.08 Å². The van der Waals surface area contributed by atoms with E-state index in [0.717, 1.165) is 16.7 Å². The summed E-state index contributed by atoms with van der Waals surface area (Å²) in [6, 6.07) is 12.0. The lowest BCUT2D eigenvalue weighted by molar-refractivity contribution is -0.384. The lowest BCUT2D eigenvalue weighted by atomic mass is 10.2. The van der Waals surface area contributed by atoms with E-state index in [9.17, 15) is 24.8 Å². The Balaban J connectivity index is 1.77. The van der Waals surface area contributed by atoms with Gasteiger partial charge in [-0.25, -0.2) is 0 Å². The number of hydrogen-bond donors (Lipinski definition) is 1. The number of phenolic OH excluding ortho intramolecular Hbond substituents is 1. The number of nitro benzene ring substituents is 1. The third-order valence-corrected chi connectivity index (χ3v) is 4.46. The zero-order valence-corrected chi connectivity index (χ0v) is 13.6. The van der Waals surface area contributed by atoms with Gasteiger partial charge in [-0.3, -0.25) is 24.6 Å². The van der Waals surface area contributed by atoms with Crippen molar-refractivity contribution >= 4 is 34.7 Å². The van der Waals surface area contributed by atoms with Crippen molar-refractivity contribution in [2.45, 2.75) is 6.54 Å². The molecule has 0 atom stereocenters. The Labute approximate surface area is 146 Å². The summed E-state index contributed by atoms with van der Waals surface area (Å²) in [4.78, 5) is 36.1. The lowest BCUT2D eigenvalue weighted by Crippen LogP contribution is -2.27. The Morgan fingerprint density at radius 2 is 1.72 bits per heavy atom. The SMILES string of the molecule is O=C1SC(=Cc2ccc(O)cc2)C(=O)N1Cc1ccc([N+](=O)[O-])cc1. The number of benzene rings is 2. The number of phenols is 1. The van der Waals surface area contributed by atoms with Gasteiger partial charge in [0.25, 0.3) is 16.8 Å². The molecule has 1 saturated heterocycles. The molecule has 0 bridgehead atoms. The van der Waals surface area contributed by atoms with Crippen LogP contribution in [0.5, 0.6) is 5.75 Å². The van der Waals surface area contributed by atoms with Gasteiger partial charge in [-0.05, 0) is 41.1 Å². The monoisotopic (exact) mass is 356 g/mol. The van der Waals surface area contributed by atoms with E-state index in [4.69, 9.17) is 0 Å². The summed E-state index contributed by atoms with van der Waals surface area (Å²) in [5.74, 6) is -0.301. The Morgan fingerprint density at radius 3 is 2.32 bits per heavy atom. The van der Waals surface area contributed by atoms with Crippen LogP contribution in [0.2, 0.25) is 0 Å². The summed E-state index contributed by atoms with van der Waals surface area (Å²) >= 11 is 0.836. The molecule has 1 heterocycles. The van der Waals surface area contributed by atoms with Crippen LogP contribution < -0.4 is 0 Å². The largest absolute Gasteiger partial charge is 0.508 e. The van der Waals surface area contributed by atoms with E-state index in [2.05, 4.69) is 0 Å². The van der Waals surface area contributed by atoms with E-state index in [0.29, 0.717) is 11.1 Å². The van der Waals surface area contributed by atoms with E-state index in [-0.39, 0.29) is 22.9 Å². The molecule has 0 unspecified atom stereocenters. The van der Waals surface area contributed by atoms with Gasteiger partial charge in [-0.2, -0.15) is 0 Å². The Kier molecular flexibility index (Phi) is 4.53. The Morgan fingerprint density at radius 1 is 1.08 bits per heavy atom. The summed E-state index contributed by atoms with van der Waals surface area (Å²) < 4.78 is 0. The lowest BCUT2D eigenvalue weighted by Gasteiger charge is -2.12. The molecule has 2 amide bonds. The standard InChI is InChI=1S/C17H12N2O5S/c20-14-7-3-11(4-8-14)9-15-16(21)18(17(22)25-15)10-12-1-5-13(6-2-12)19(23)24/h1-9,20H,10H2. The minimum atomic E-state index is -0.510. The number of rotatable bonds is 4. The number of nitro groups is 1. The number of thioether (sulfide) groups is 1. The number of non-ortho nitro benzene ring substituents is 1. The number of carbonyl (C=O) groups excluding carboxylic acids is 2. The highest BCUT2D eigenvalue weighted by atomic mass is 32.2. The second kappa shape index (κ2) is 6.78. The Hall–Kier alpha value is -3.13. The van der Waals surface area contributed by atoms with Gasteiger partial charge in [0.15, 0.2) is 0 Å². The van der Waals surface area contributed by atoms with Crippen molar-refractivity contribution in [3.05, 3.63) is 74.7 Å². The van der Waals surface area contributed by atoms with Crippen LogP contribution >= 0.6 is 11.8 Å². The van der Waals surface area contributed by atoms with Gasteiger partial charge < -0.3 is 5.11 Å². The zero-order valence-electron chi connectivity index (χ0n) is 12.8. The van der Waals surface area contributed by atoms with Crippen molar-refractivity contribution in [1.82, 2.24) is 4.90 Å². The molecular formula is C17H12N2O5S. The summed E-state index contributed by atoms with van der Waals surface area (Å²) in [6.45, 7) is 0.0512. The van der Waals surface area contributed by atoms with E-state index in [1.165, 1.54) is 36.4 Å². The minimum absolute atomic E-state index is 0.0508. The molecule has 2 aromatic rings. The Bertz CT molecular complexity index is 875. The fraction of sp³-hybridized carbons (Fsp3) is 0.0588. The molecule has 1 N–H and O–H groups in total. The van der Waals surface area contributed by atoms with Gasteiger partial charge >= 0.3 is 0 Å². The highest BCUT2D eigenvalue weighted by Gasteiger charge is 2.35. The van der Waals surface area contributed by atoms with Crippen molar-refractivity contribution in [2.24, 2.45) is 0 Å². The van der Waals surface area contributed by atoms with Gasteiger partial charge in [-0.1, -0.05) is 24.3 Å². The van der Waals surface area contributed by atoms with E-state index in [1.807, 2.05) is 0 Å². The smallest absolute Gasteiger partial charge is 0.293 e. The molecule has 1 aliphatic heterocycles. The predicted molar refractivity (Wildman–Crippen MR) is 92.7 cm³/mol. The molecule has 0 aromatic heterocycles. The van der Waals surface area contributed by atoms with Gasteiger partial charge in [0.2, 0.25) is 0 Å². The fourth-order valence-electron chi connectivity index (χ4n) is 2.26. The first-order valence-corrected chi connectivity index (χ1v) is 8.03. The van der Waals surface area contributed by atoms with Gasteiger partial charge in [-0.15, -0.1) is 0 Å². The zero-order chi connectivity index (χ0) is 18.0. The third-order valence-electron chi connectivity index (χ3n) is 3.55. The number of nitrogens with zero attached hydrogens (tertiary/aromatic N) is 2. The van der Waals surface area contributed by atoms with Crippen molar-refractivity contribution in [3.63, 3.8) is 0 Å². The summed E-state index contributed by atoms with van der Waals surface area (Å²) in [5, 5.41) is 19.5. The molecule has 25 heavy (non-hydrogen) atoms. The average molecular weight is 356 g/mol. The van der Waals surface area contributed by atoms with E-state index >= 15 is 0 Å². The number of imide groups is 1. The first-order chi connectivity index (χ1) is 11.9. The van der Waals surface area contributed by atoms with Gasteiger partial charge in [0.1, 0.15) is 5.75 Å².